The summed E-state index contributed by atoms with van der Waals surface area (Å²) in [5.74, 6) is -0.381. The van der Waals surface area contributed by atoms with Crippen molar-refractivity contribution in [1.29, 1.82) is 0 Å². The van der Waals surface area contributed by atoms with E-state index in [1.807, 2.05) is 11.9 Å². The van der Waals surface area contributed by atoms with Crippen LogP contribution in [-0.4, -0.2) is 42.8 Å². The second kappa shape index (κ2) is 7.92. The van der Waals surface area contributed by atoms with Crippen LogP contribution in [0.15, 0.2) is 24.3 Å². The summed E-state index contributed by atoms with van der Waals surface area (Å²) in [6.07, 6.45) is 0.385. The third-order valence-corrected chi connectivity index (χ3v) is 3.04. The van der Waals surface area contributed by atoms with Crippen molar-refractivity contribution >= 4 is 5.97 Å². The minimum absolute atomic E-state index is 0.0373. The zero-order chi connectivity index (χ0) is 14.3. The molecule has 1 unspecified atom stereocenters. The fourth-order valence-electron chi connectivity index (χ4n) is 1.96. The van der Waals surface area contributed by atoms with Gasteiger partial charge in [0.05, 0.1) is 19.6 Å². The van der Waals surface area contributed by atoms with E-state index in [1.165, 1.54) is 18.2 Å². The zero-order valence-corrected chi connectivity index (χ0v) is 11.9. The number of rotatable bonds is 7. The first-order valence-electron chi connectivity index (χ1n) is 6.56. The molecular weight excluding hydrogens is 242 g/mol. The number of methoxy groups -OCH3 is 1. The molecule has 0 saturated carbocycles. The number of likely N-dealkylation sites (N-methyl/N-ethyl adjacent to an activating group) is 1. The van der Waals surface area contributed by atoms with Gasteiger partial charge in [0.1, 0.15) is 0 Å². The smallest absolute Gasteiger partial charge is 0.308 e. The summed E-state index contributed by atoms with van der Waals surface area (Å²) in [7, 11) is 3.25. The number of carbonyl (C=O) groups is 1. The molecule has 0 aliphatic rings. The summed E-state index contributed by atoms with van der Waals surface area (Å²) in [5, 5.41) is 9.74. The Morgan fingerprint density at radius 3 is 2.42 bits per heavy atom. The first-order valence-corrected chi connectivity index (χ1v) is 6.56. The highest BCUT2D eigenvalue weighted by molar-refractivity contribution is 5.69. The average Bonchev–Trinajstić information content (AvgIpc) is 2.39. The standard InChI is InChI=1S/C15H23NO3/c1-4-12-5-7-13(8-6-12)10-16(2)11-14(17)9-15(18)19-3/h5-8,14,17H,4,9-11H2,1-3H3. The van der Waals surface area contributed by atoms with E-state index in [-0.39, 0.29) is 12.4 Å². The van der Waals surface area contributed by atoms with Crippen LogP contribution in [0.25, 0.3) is 0 Å². The first kappa shape index (κ1) is 15.7. The Balaban J connectivity index is 2.41. The maximum atomic E-state index is 11.0. The number of hydrogen-bond acceptors (Lipinski definition) is 4. The molecule has 0 bridgehead atoms. The third kappa shape index (κ3) is 5.85. The normalized spacial score (nSPS) is 12.5. The van der Waals surface area contributed by atoms with Gasteiger partial charge in [0.2, 0.25) is 0 Å². The fourth-order valence-corrected chi connectivity index (χ4v) is 1.96. The maximum absolute atomic E-state index is 11.0. The van der Waals surface area contributed by atoms with Gasteiger partial charge in [0.25, 0.3) is 0 Å². The summed E-state index contributed by atoms with van der Waals surface area (Å²) in [6.45, 7) is 3.33. The monoisotopic (exact) mass is 265 g/mol. The molecule has 0 saturated heterocycles. The molecule has 1 rings (SSSR count). The van der Waals surface area contributed by atoms with E-state index >= 15 is 0 Å². The number of aryl methyl sites for hydroxylation is 1. The lowest BCUT2D eigenvalue weighted by Gasteiger charge is -2.20. The number of ether oxygens (including phenoxy) is 1. The van der Waals surface area contributed by atoms with Crippen LogP contribution in [0.3, 0.4) is 0 Å². The average molecular weight is 265 g/mol. The van der Waals surface area contributed by atoms with Gasteiger partial charge in [-0.05, 0) is 24.6 Å². The van der Waals surface area contributed by atoms with Gasteiger partial charge in [0, 0.05) is 13.1 Å². The Bertz CT molecular complexity index is 389. The molecule has 4 heteroatoms. The lowest BCUT2D eigenvalue weighted by molar-refractivity contribution is -0.143. The molecule has 0 aliphatic carbocycles. The number of hydrogen-bond donors (Lipinski definition) is 1. The molecule has 106 valence electrons. The molecule has 4 nitrogen and oxygen atoms in total. The van der Waals surface area contributed by atoms with Crippen molar-refractivity contribution < 1.29 is 14.6 Å². The highest BCUT2D eigenvalue weighted by Gasteiger charge is 2.13. The van der Waals surface area contributed by atoms with Gasteiger partial charge < -0.3 is 9.84 Å². The van der Waals surface area contributed by atoms with Crippen LogP contribution >= 0.6 is 0 Å². The molecule has 1 N–H and O–H groups in total. The summed E-state index contributed by atoms with van der Waals surface area (Å²) in [4.78, 5) is 13.0. The molecule has 19 heavy (non-hydrogen) atoms. The van der Waals surface area contributed by atoms with Crippen LogP contribution in [0.5, 0.6) is 0 Å². The van der Waals surface area contributed by atoms with Crippen molar-refractivity contribution in [1.82, 2.24) is 4.90 Å². The van der Waals surface area contributed by atoms with E-state index in [1.54, 1.807) is 0 Å². The van der Waals surface area contributed by atoms with Crippen molar-refractivity contribution in [3.8, 4) is 0 Å². The lowest BCUT2D eigenvalue weighted by atomic mass is 10.1. The van der Waals surface area contributed by atoms with Gasteiger partial charge in [-0.2, -0.15) is 0 Å². The van der Waals surface area contributed by atoms with Gasteiger partial charge >= 0.3 is 5.97 Å². The Morgan fingerprint density at radius 2 is 1.89 bits per heavy atom. The van der Waals surface area contributed by atoms with Gasteiger partial charge in [-0.15, -0.1) is 0 Å². The third-order valence-electron chi connectivity index (χ3n) is 3.04. The van der Waals surface area contributed by atoms with Crippen molar-refractivity contribution in [3.05, 3.63) is 35.4 Å². The van der Waals surface area contributed by atoms with Gasteiger partial charge in [-0.1, -0.05) is 31.2 Å². The van der Waals surface area contributed by atoms with E-state index in [2.05, 4.69) is 35.9 Å². The van der Waals surface area contributed by atoms with Crippen LogP contribution in [0.4, 0.5) is 0 Å². The number of benzene rings is 1. The van der Waals surface area contributed by atoms with Crippen LogP contribution in [0, 0.1) is 0 Å². The topological polar surface area (TPSA) is 49.8 Å². The molecule has 0 fully saturated rings. The summed E-state index contributed by atoms with van der Waals surface area (Å²) < 4.78 is 4.53. The van der Waals surface area contributed by atoms with E-state index in [9.17, 15) is 9.90 Å². The second-order valence-electron chi connectivity index (χ2n) is 4.80. The molecule has 0 radical (unpaired) electrons. The van der Waals surface area contributed by atoms with Crippen LogP contribution in [-0.2, 0) is 22.5 Å². The highest BCUT2D eigenvalue weighted by Crippen LogP contribution is 2.08. The second-order valence-corrected chi connectivity index (χ2v) is 4.80. The summed E-state index contributed by atoms with van der Waals surface area (Å²) in [5.41, 5.74) is 2.52. The Hall–Kier alpha value is -1.39. The van der Waals surface area contributed by atoms with Crippen molar-refractivity contribution in [2.75, 3.05) is 20.7 Å². The SMILES string of the molecule is CCc1ccc(CN(C)CC(O)CC(=O)OC)cc1. The Labute approximate surface area is 115 Å². The molecule has 0 spiro atoms. The summed E-state index contributed by atoms with van der Waals surface area (Å²) >= 11 is 0. The minimum Gasteiger partial charge on any atom is -0.469 e. The predicted octanol–water partition coefficient (Wildman–Crippen LogP) is 1.60. The Morgan fingerprint density at radius 1 is 1.32 bits per heavy atom. The van der Waals surface area contributed by atoms with Crippen molar-refractivity contribution in [3.63, 3.8) is 0 Å². The number of nitrogens with zero attached hydrogens (tertiary/aromatic N) is 1. The first-order chi connectivity index (χ1) is 9.05. The van der Waals surface area contributed by atoms with Crippen LogP contribution in [0.2, 0.25) is 0 Å². The van der Waals surface area contributed by atoms with Crippen molar-refractivity contribution in [2.45, 2.75) is 32.4 Å². The molecule has 1 aromatic carbocycles. The van der Waals surface area contributed by atoms with Crippen LogP contribution in [0.1, 0.15) is 24.5 Å². The molecule has 0 heterocycles. The largest absolute Gasteiger partial charge is 0.469 e. The summed E-state index contributed by atoms with van der Waals surface area (Å²) in [6, 6.07) is 8.44. The van der Waals surface area contributed by atoms with Crippen molar-refractivity contribution in [2.24, 2.45) is 0 Å². The van der Waals surface area contributed by atoms with E-state index in [4.69, 9.17) is 0 Å². The molecule has 0 amide bonds. The van der Waals surface area contributed by atoms with Gasteiger partial charge in [-0.3, -0.25) is 9.69 Å². The number of aliphatic hydroxyl groups excluding tert-OH is 1. The number of carbonyl (C=O) groups excluding carboxylic acids is 1. The lowest BCUT2D eigenvalue weighted by Crippen LogP contribution is -2.30. The molecular formula is C15H23NO3. The minimum atomic E-state index is -0.688. The van der Waals surface area contributed by atoms with E-state index in [0.717, 1.165) is 13.0 Å². The molecule has 1 atom stereocenters. The molecule has 0 aliphatic heterocycles. The zero-order valence-electron chi connectivity index (χ0n) is 11.9. The number of aliphatic hydroxyl groups is 1. The molecule has 0 aromatic heterocycles. The highest BCUT2D eigenvalue weighted by atomic mass is 16.5. The van der Waals surface area contributed by atoms with Gasteiger partial charge in [0.15, 0.2) is 0 Å². The maximum Gasteiger partial charge on any atom is 0.308 e. The Kier molecular flexibility index (Phi) is 6.53. The fraction of sp³-hybridized carbons (Fsp3) is 0.533. The van der Waals surface area contributed by atoms with Gasteiger partial charge in [-0.25, -0.2) is 0 Å². The predicted molar refractivity (Wildman–Crippen MR) is 74.8 cm³/mol. The number of esters is 1. The molecule has 1 aromatic rings. The van der Waals surface area contributed by atoms with Crippen LogP contribution < -0.4 is 0 Å². The van der Waals surface area contributed by atoms with E-state index < -0.39 is 6.10 Å². The quantitative estimate of drug-likeness (QED) is 0.761. The van der Waals surface area contributed by atoms with E-state index in [0.29, 0.717) is 6.54 Å².